The molecule has 4 heteroatoms. The highest BCUT2D eigenvalue weighted by molar-refractivity contribution is 5.31. The van der Waals surface area contributed by atoms with Gasteiger partial charge in [-0.2, -0.15) is 0 Å². The van der Waals surface area contributed by atoms with Gasteiger partial charge in [-0.1, -0.05) is 6.92 Å². The summed E-state index contributed by atoms with van der Waals surface area (Å²) in [6, 6.07) is 9.56. The fourth-order valence-corrected chi connectivity index (χ4v) is 1.92. The number of methoxy groups -OCH3 is 1. The summed E-state index contributed by atoms with van der Waals surface area (Å²) in [6.07, 6.45) is 0. The Morgan fingerprint density at radius 2 is 1.85 bits per heavy atom. The van der Waals surface area contributed by atoms with Crippen LogP contribution < -0.4 is 14.8 Å². The molecule has 0 fully saturated rings. The van der Waals surface area contributed by atoms with E-state index in [4.69, 9.17) is 13.9 Å². The van der Waals surface area contributed by atoms with Gasteiger partial charge in [0.2, 0.25) is 0 Å². The summed E-state index contributed by atoms with van der Waals surface area (Å²) in [4.78, 5) is 0. The Hall–Kier alpha value is -1.94. The molecule has 0 bridgehead atoms. The van der Waals surface area contributed by atoms with E-state index in [2.05, 4.69) is 12.2 Å². The Morgan fingerprint density at radius 3 is 2.50 bits per heavy atom. The van der Waals surface area contributed by atoms with Crippen molar-refractivity contribution in [3.8, 4) is 11.5 Å². The van der Waals surface area contributed by atoms with Gasteiger partial charge in [0.05, 0.1) is 7.11 Å². The van der Waals surface area contributed by atoms with Crippen molar-refractivity contribution in [2.75, 3.05) is 13.7 Å². The number of rotatable bonds is 7. The first kappa shape index (κ1) is 14.5. The second-order valence-electron chi connectivity index (χ2n) is 4.54. The Labute approximate surface area is 119 Å². The van der Waals surface area contributed by atoms with E-state index in [1.165, 1.54) is 5.56 Å². The lowest BCUT2D eigenvalue weighted by Gasteiger charge is -2.05. The van der Waals surface area contributed by atoms with Crippen molar-refractivity contribution in [3.63, 3.8) is 0 Å². The maximum atomic E-state index is 5.69. The zero-order valence-electron chi connectivity index (χ0n) is 12.2. The van der Waals surface area contributed by atoms with Crippen molar-refractivity contribution in [2.24, 2.45) is 0 Å². The lowest BCUT2D eigenvalue weighted by molar-refractivity contribution is 0.267. The van der Waals surface area contributed by atoms with Gasteiger partial charge in [-0.15, -0.1) is 0 Å². The molecule has 0 aliphatic heterocycles. The van der Waals surface area contributed by atoms with E-state index in [-0.39, 0.29) is 0 Å². The Bertz CT molecular complexity index is 531. The molecule has 4 nitrogen and oxygen atoms in total. The van der Waals surface area contributed by atoms with Crippen LogP contribution in [0.5, 0.6) is 11.5 Å². The molecule has 20 heavy (non-hydrogen) atoms. The standard InChI is InChI=1S/C16H21NO3/c1-4-17-10-13-9-16(20-12(13)2)11-19-15-7-5-14(18-3)6-8-15/h5-9,17H,4,10-11H2,1-3H3. The number of ether oxygens (including phenoxy) is 2. The third-order valence-corrected chi connectivity index (χ3v) is 3.08. The minimum atomic E-state index is 0.430. The summed E-state index contributed by atoms with van der Waals surface area (Å²) in [7, 11) is 1.65. The first-order valence-electron chi connectivity index (χ1n) is 6.78. The van der Waals surface area contributed by atoms with Crippen molar-refractivity contribution >= 4 is 0 Å². The summed E-state index contributed by atoms with van der Waals surface area (Å²) >= 11 is 0. The minimum absolute atomic E-state index is 0.430. The van der Waals surface area contributed by atoms with E-state index >= 15 is 0 Å². The van der Waals surface area contributed by atoms with E-state index in [0.717, 1.165) is 36.1 Å². The van der Waals surface area contributed by atoms with Crippen molar-refractivity contribution in [3.05, 3.63) is 47.4 Å². The van der Waals surface area contributed by atoms with Crippen LogP contribution in [-0.4, -0.2) is 13.7 Å². The minimum Gasteiger partial charge on any atom is -0.497 e. The van der Waals surface area contributed by atoms with Crippen LogP contribution >= 0.6 is 0 Å². The molecule has 0 radical (unpaired) electrons. The Kier molecular flexibility index (Phi) is 5.07. The molecule has 1 heterocycles. The quantitative estimate of drug-likeness (QED) is 0.842. The third kappa shape index (κ3) is 3.78. The molecular weight excluding hydrogens is 254 g/mol. The van der Waals surface area contributed by atoms with Crippen LogP contribution in [0.15, 0.2) is 34.7 Å². The molecule has 0 unspecified atom stereocenters. The highest BCUT2D eigenvalue weighted by atomic mass is 16.5. The number of hydrogen-bond donors (Lipinski definition) is 1. The van der Waals surface area contributed by atoms with E-state index < -0.39 is 0 Å². The van der Waals surface area contributed by atoms with Gasteiger partial charge in [0, 0.05) is 12.1 Å². The zero-order valence-corrected chi connectivity index (χ0v) is 12.2. The van der Waals surface area contributed by atoms with Gasteiger partial charge in [-0.05, 0) is 43.8 Å². The second-order valence-corrected chi connectivity index (χ2v) is 4.54. The first-order chi connectivity index (χ1) is 9.72. The van der Waals surface area contributed by atoms with Crippen LogP contribution in [0.3, 0.4) is 0 Å². The summed E-state index contributed by atoms with van der Waals surface area (Å²) in [5, 5.41) is 3.29. The molecule has 1 aromatic carbocycles. The number of aryl methyl sites for hydroxylation is 1. The average molecular weight is 275 g/mol. The van der Waals surface area contributed by atoms with E-state index in [9.17, 15) is 0 Å². The topological polar surface area (TPSA) is 43.6 Å². The predicted octanol–water partition coefficient (Wildman–Crippen LogP) is 3.29. The van der Waals surface area contributed by atoms with Crippen LogP contribution in [0, 0.1) is 6.92 Å². The van der Waals surface area contributed by atoms with Crippen LogP contribution in [0.25, 0.3) is 0 Å². The van der Waals surface area contributed by atoms with Gasteiger partial charge >= 0.3 is 0 Å². The maximum Gasteiger partial charge on any atom is 0.146 e. The average Bonchev–Trinajstić information content (AvgIpc) is 2.84. The Morgan fingerprint density at radius 1 is 1.15 bits per heavy atom. The fraction of sp³-hybridized carbons (Fsp3) is 0.375. The SMILES string of the molecule is CCNCc1cc(COc2ccc(OC)cc2)oc1C. The number of nitrogens with one attached hydrogen (secondary N) is 1. The van der Waals surface area contributed by atoms with Crippen LogP contribution in [0.4, 0.5) is 0 Å². The molecule has 0 spiro atoms. The van der Waals surface area contributed by atoms with E-state index in [1.807, 2.05) is 37.3 Å². The van der Waals surface area contributed by atoms with E-state index in [1.54, 1.807) is 7.11 Å². The molecule has 1 N–H and O–H groups in total. The van der Waals surface area contributed by atoms with Crippen molar-refractivity contribution in [2.45, 2.75) is 27.0 Å². The van der Waals surface area contributed by atoms with Gasteiger partial charge in [-0.3, -0.25) is 0 Å². The van der Waals surface area contributed by atoms with Crippen LogP contribution in [0.2, 0.25) is 0 Å². The molecule has 0 aliphatic carbocycles. The zero-order chi connectivity index (χ0) is 14.4. The normalized spacial score (nSPS) is 10.6. The summed E-state index contributed by atoms with van der Waals surface area (Å²) < 4.78 is 16.5. The number of hydrogen-bond acceptors (Lipinski definition) is 4. The number of furan rings is 1. The molecule has 108 valence electrons. The number of benzene rings is 1. The predicted molar refractivity (Wildman–Crippen MR) is 78.2 cm³/mol. The highest BCUT2D eigenvalue weighted by Crippen LogP contribution is 2.20. The lowest BCUT2D eigenvalue weighted by Crippen LogP contribution is -2.11. The fourth-order valence-electron chi connectivity index (χ4n) is 1.92. The van der Waals surface area contributed by atoms with Crippen molar-refractivity contribution in [1.29, 1.82) is 0 Å². The molecule has 0 atom stereocenters. The molecule has 1 aromatic heterocycles. The summed E-state index contributed by atoms with van der Waals surface area (Å²) in [5.74, 6) is 3.40. The van der Waals surface area contributed by atoms with Gasteiger partial charge in [0.25, 0.3) is 0 Å². The molecule has 0 aliphatic rings. The first-order valence-corrected chi connectivity index (χ1v) is 6.78. The van der Waals surface area contributed by atoms with Crippen molar-refractivity contribution < 1.29 is 13.9 Å². The Balaban J connectivity index is 1.92. The molecule has 2 aromatic rings. The van der Waals surface area contributed by atoms with Crippen LogP contribution in [-0.2, 0) is 13.2 Å². The monoisotopic (exact) mass is 275 g/mol. The van der Waals surface area contributed by atoms with Gasteiger partial charge in [-0.25, -0.2) is 0 Å². The molecule has 0 saturated carbocycles. The maximum absolute atomic E-state index is 5.69. The van der Waals surface area contributed by atoms with Gasteiger partial charge in [0.15, 0.2) is 0 Å². The van der Waals surface area contributed by atoms with E-state index in [0.29, 0.717) is 6.61 Å². The molecule has 2 rings (SSSR count). The smallest absolute Gasteiger partial charge is 0.146 e. The van der Waals surface area contributed by atoms with Crippen molar-refractivity contribution in [1.82, 2.24) is 5.32 Å². The highest BCUT2D eigenvalue weighted by Gasteiger charge is 2.07. The largest absolute Gasteiger partial charge is 0.497 e. The van der Waals surface area contributed by atoms with Gasteiger partial charge < -0.3 is 19.2 Å². The molecular formula is C16H21NO3. The molecule has 0 amide bonds. The summed E-state index contributed by atoms with van der Waals surface area (Å²) in [6.45, 7) is 6.27. The lowest BCUT2D eigenvalue weighted by atomic mass is 10.2. The van der Waals surface area contributed by atoms with Crippen LogP contribution in [0.1, 0.15) is 24.0 Å². The summed E-state index contributed by atoms with van der Waals surface area (Å²) in [5.41, 5.74) is 1.18. The third-order valence-electron chi connectivity index (χ3n) is 3.08. The molecule has 0 saturated heterocycles. The van der Waals surface area contributed by atoms with Gasteiger partial charge in [0.1, 0.15) is 29.6 Å². The second kappa shape index (κ2) is 7.01.